The Labute approximate surface area is 110 Å². The van der Waals surface area contributed by atoms with Gasteiger partial charge in [0.15, 0.2) is 0 Å². The minimum Gasteiger partial charge on any atom is -0.481 e. The molecule has 1 amide bonds. The maximum absolute atomic E-state index is 13.0. The molecule has 0 aromatic heterocycles. The standard InChI is InChI=1S/C14H16FNO3/c1-8-6-10(15)3-5-12(8)13(17)16-11-4-2-9(7-11)14(18)19/h3,5-6,9,11H,2,4,7H2,1H3,(H,16,17)(H,18,19)/t9-,11+/m1/s1. The molecule has 0 unspecified atom stereocenters. The summed E-state index contributed by atoms with van der Waals surface area (Å²) < 4.78 is 13.0. The van der Waals surface area contributed by atoms with Crippen LogP contribution in [0.5, 0.6) is 0 Å². The van der Waals surface area contributed by atoms with Gasteiger partial charge in [-0.3, -0.25) is 9.59 Å². The van der Waals surface area contributed by atoms with Gasteiger partial charge in [0.05, 0.1) is 5.92 Å². The molecule has 1 aromatic carbocycles. The third kappa shape index (κ3) is 3.10. The summed E-state index contributed by atoms with van der Waals surface area (Å²) in [6.07, 6.45) is 1.72. The van der Waals surface area contributed by atoms with E-state index in [2.05, 4.69) is 5.32 Å². The van der Waals surface area contributed by atoms with Gasteiger partial charge in [-0.1, -0.05) is 0 Å². The first-order valence-corrected chi connectivity index (χ1v) is 6.27. The number of amides is 1. The van der Waals surface area contributed by atoms with Crippen LogP contribution >= 0.6 is 0 Å². The van der Waals surface area contributed by atoms with Crippen LogP contribution in [0.1, 0.15) is 35.2 Å². The lowest BCUT2D eigenvalue weighted by Crippen LogP contribution is -2.33. The van der Waals surface area contributed by atoms with Crippen LogP contribution in [-0.2, 0) is 4.79 Å². The summed E-state index contributed by atoms with van der Waals surface area (Å²) >= 11 is 0. The van der Waals surface area contributed by atoms with E-state index in [-0.39, 0.29) is 23.7 Å². The summed E-state index contributed by atoms with van der Waals surface area (Å²) in [6, 6.07) is 3.89. The van der Waals surface area contributed by atoms with Gasteiger partial charge in [-0.25, -0.2) is 4.39 Å². The second kappa shape index (κ2) is 5.38. The molecule has 1 fully saturated rings. The number of carboxylic acid groups (broad SMARTS) is 1. The van der Waals surface area contributed by atoms with E-state index in [9.17, 15) is 14.0 Å². The van der Waals surface area contributed by atoms with Crippen LogP contribution in [0.3, 0.4) is 0 Å². The first-order valence-electron chi connectivity index (χ1n) is 6.27. The van der Waals surface area contributed by atoms with Gasteiger partial charge in [0, 0.05) is 11.6 Å². The summed E-state index contributed by atoms with van der Waals surface area (Å²) in [6.45, 7) is 1.67. The monoisotopic (exact) mass is 265 g/mol. The number of hydrogen-bond acceptors (Lipinski definition) is 2. The zero-order chi connectivity index (χ0) is 14.0. The zero-order valence-electron chi connectivity index (χ0n) is 10.6. The highest BCUT2D eigenvalue weighted by Gasteiger charge is 2.30. The van der Waals surface area contributed by atoms with Crippen LogP contribution in [0.25, 0.3) is 0 Å². The van der Waals surface area contributed by atoms with Crippen molar-refractivity contribution in [2.75, 3.05) is 0 Å². The molecule has 2 rings (SSSR count). The van der Waals surface area contributed by atoms with Crippen LogP contribution in [0, 0.1) is 18.7 Å². The average Bonchev–Trinajstić information content (AvgIpc) is 2.77. The van der Waals surface area contributed by atoms with Crippen molar-refractivity contribution >= 4 is 11.9 Å². The molecule has 1 aliphatic carbocycles. The van der Waals surface area contributed by atoms with Gasteiger partial charge in [-0.15, -0.1) is 0 Å². The third-order valence-electron chi connectivity index (χ3n) is 3.55. The Bertz CT molecular complexity index is 515. The molecule has 5 heteroatoms. The first kappa shape index (κ1) is 13.5. The van der Waals surface area contributed by atoms with Gasteiger partial charge in [-0.05, 0) is 49.9 Å². The largest absolute Gasteiger partial charge is 0.481 e. The number of halogens is 1. The molecule has 0 aliphatic heterocycles. The molecule has 0 spiro atoms. The minimum atomic E-state index is -0.810. The van der Waals surface area contributed by atoms with Crippen molar-refractivity contribution in [2.24, 2.45) is 5.92 Å². The van der Waals surface area contributed by atoms with Crippen LogP contribution in [0.2, 0.25) is 0 Å². The fourth-order valence-corrected chi connectivity index (χ4v) is 2.48. The Morgan fingerprint density at radius 1 is 1.37 bits per heavy atom. The second-order valence-electron chi connectivity index (χ2n) is 4.98. The predicted octanol–water partition coefficient (Wildman–Crippen LogP) is 2.12. The Morgan fingerprint density at radius 2 is 2.11 bits per heavy atom. The minimum absolute atomic E-state index is 0.113. The molecule has 102 valence electrons. The molecular weight excluding hydrogens is 249 g/mol. The smallest absolute Gasteiger partial charge is 0.306 e. The van der Waals surface area contributed by atoms with Crippen molar-refractivity contribution in [3.05, 3.63) is 35.1 Å². The number of benzene rings is 1. The van der Waals surface area contributed by atoms with E-state index in [1.165, 1.54) is 18.2 Å². The zero-order valence-corrected chi connectivity index (χ0v) is 10.6. The Morgan fingerprint density at radius 3 is 2.68 bits per heavy atom. The number of nitrogens with one attached hydrogen (secondary N) is 1. The number of carboxylic acids is 1. The third-order valence-corrected chi connectivity index (χ3v) is 3.55. The summed E-state index contributed by atoms with van der Waals surface area (Å²) in [5.41, 5.74) is 1.01. The van der Waals surface area contributed by atoms with Crippen LogP contribution < -0.4 is 5.32 Å². The van der Waals surface area contributed by atoms with E-state index in [1.807, 2.05) is 0 Å². The van der Waals surface area contributed by atoms with Crippen molar-refractivity contribution < 1.29 is 19.1 Å². The molecule has 1 aromatic rings. The number of hydrogen-bond donors (Lipinski definition) is 2. The molecule has 2 atom stereocenters. The summed E-state index contributed by atoms with van der Waals surface area (Å²) in [4.78, 5) is 22.9. The lowest BCUT2D eigenvalue weighted by molar-refractivity contribution is -0.141. The molecule has 0 radical (unpaired) electrons. The van der Waals surface area contributed by atoms with Crippen molar-refractivity contribution in [2.45, 2.75) is 32.2 Å². The van der Waals surface area contributed by atoms with Crippen LogP contribution in [-0.4, -0.2) is 23.0 Å². The lowest BCUT2D eigenvalue weighted by Gasteiger charge is -2.13. The average molecular weight is 265 g/mol. The van der Waals surface area contributed by atoms with E-state index in [4.69, 9.17) is 5.11 Å². The van der Waals surface area contributed by atoms with E-state index < -0.39 is 5.97 Å². The lowest BCUT2D eigenvalue weighted by atomic mass is 10.1. The van der Waals surface area contributed by atoms with E-state index in [1.54, 1.807) is 6.92 Å². The fraction of sp³-hybridized carbons (Fsp3) is 0.429. The molecule has 19 heavy (non-hydrogen) atoms. The Kier molecular flexibility index (Phi) is 3.83. The summed E-state index contributed by atoms with van der Waals surface area (Å²) in [5.74, 6) is -1.83. The topological polar surface area (TPSA) is 66.4 Å². The SMILES string of the molecule is Cc1cc(F)ccc1C(=O)N[C@H]1CC[C@@H](C(=O)O)C1. The van der Waals surface area contributed by atoms with Gasteiger partial charge in [-0.2, -0.15) is 0 Å². The maximum Gasteiger partial charge on any atom is 0.306 e. The van der Waals surface area contributed by atoms with Crippen molar-refractivity contribution in [3.63, 3.8) is 0 Å². The predicted molar refractivity (Wildman–Crippen MR) is 67.4 cm³/mol. The molecule has 0 saturated heterocycles. The fourth-order valence-electron chi connectivity index (χ4n) is 2.48. The number of aliphatic carboxylic acids is 1. The number of carbonyl (C=O) groups excluding carboxylic acids is 1. The number of rotatable bonds is 3. The van der Waals surface area contributed by atoms with E-state index in [0.717, 1.165) is 0 Å². The van der Waals surface area contributed by atoms with E-state index >= 15 is 0 Å². The summed E-state index contributed by atoms with van der Waals surface area (Å²) in [5, 5.41) is 11.7. The van der Waals surface area contributed by atoms with Crippen LogP contribution in [0.15, 0.2) is 18.2 Å². The quantitative estimate of drug-likeness (QED) is 0.879. The highest BCUT2D eigenvalue weighted by atomic mass is 19.1. The molecular formula is C14H16FNO3. The molecule has 0 bridgehead atoms. The van der Waals surface area contributed by atoms with Crippen molar-refractivity contribution in [3.8, 4) is 0 Å². The number of carbonyl (C=O) groups is 2. The Balaban J connectivity index is 2.00. The van der Waals surface area contributed by atoms with Gasteiger partial charge < -0.3 is 10.4 Å². The maximum atomic E-state index is 13.0. The molecule has 0 heterocycles. The summed E-state index contributed by atoms with van der Waals surface area (Å²) in [7, 11) is 0. The number of aryl methyl sites for hydroxylation is 1. The molecule has 2 N–H and O–H groups in total. The van der Waals surface area contributed by atoms with E-state index in [0.29, 0.717) is 30.4 Å². The van der Waals surface area contributed by atoms with Gasteiger partial charge in [0.2, 0.25) is 0 Å². The Hall–Kier alpha value is -1.91. The molecule has 1 saturated carbocycles. The normalized spacial score (nSPS) is 22.2. The first-order chi connectivity index (χ1) is 8.97. The van der Waals surface area contributed by atoms with Gasteiger partial charge in [0.1, 0.15) is 5.82 Å². The van der Waals surface area contributed by atoms with Crippen molar-refractivity contribution in [1.82, 2.24) is 5.32 Å². The second-order valence-corrected chi connectivity index (χ2v) is 4.98. The van der Waals surface area contributed by atoms with Gasteiger partial charge in [0.25, 0.3) is 5.91 Å². The highest BCUT2D eigenvalue weighted by molar-refractivity contribution is 5.95. The molecule has 4 nitrogen and oxygen atoms in total. The highest BCUT2D eigenvalue weighted by Crippen LogP contribution is 2.26. The van der Waals surface area contributed by atoms with Crippen molar-refractivity contribution in [1.29, 1.82) is 0 Å². The van der Waals surface area contributed by atoms with Gasteiger partial charge >= 0.3 is 5.97 Å². The molecule has 1 aliphatic rings. The van der Waals surface area contributed by atoms with Crippen LogP contribution in [0.4, 0.5) is 4.39 Å².